The van der Waals surface area contributed by atoms with Crippen molar-refractivity contribution in [1.29, 1.82) is 0 Å². The molecule has 3 aromatic carbocycles. The Hall–Kier alpha value is -4.41. The van der Waals surface area contributed by atoms with Crippen LogP contribution in [0.3, 0.4) is 0 Å². The summed E-state index contributed by atoms with van der Waals surface area (Å²) < 4.78 is 23.3. The van der Waals surface area contributed by atoms with Gasteiger partial charge in [0.15, 0.2) is 6.79 Å². The highest BCUT2D eigenvalue weighted by Gasteiger charge is 2.22. The highest BCUT2D eigenvalue weighted by atomic mass is 16.7. The SMILES string of the molecule is COc1ccc(N(COCOc2c(C)cccc2C)C2=CCN(C)C(Nc3ccc(N4CCN(C)CC4)cc3)=N2)c(OC)c1. The number of ether oxygens (including phenoxy) is 4. The van der Waals surface area contributed by atoms with Crippen LogP contribution in [0.2, 0.25) is 0 Å². The van der Waals surface area contributed by atoms with Crippen LogP contribution in [0.5, 0.6) is 17.2 Å². The van der Waals surface area contributed by atoms with Gasteiger partial charge in [-0.15, -0.1) is 0 Å². The second-order valence-electron chi connectivity index (χ2n) is 11.1. The van der Waals surface area contributed by atoms with E-state index in [-0.39, 0.29) is 13.5 Å². The first kappa shape index (κ1) is 31.0. The molecule has 5 rings (SSSR count). The fourth-order valence-corrected chi connectivity index (χ4v) is 5.31. The van der Waals surface area contributed by atoms with Crippen molar-refractivity contribution < 1.29 is 18.9 Å². The number of para-hydroxylation sites is 1. The van der Waals surface area contributed by atoms with E-state index in [0.717, 1.165) is 66.2 Å². The number of nitrogens with zero attached hydrogens (tertiary/aromatic N) is 5. The molecule has 0 amide bonds. The average Bonchev–Trinajstić information content (AvgIpc) is 3.04. The molecule has 0 aromatic heterocycles. The summed E-state index contributed by atoms with van der Waals surface area (Å²) in [6.45, 7) is 9.23. The van der Waals surface area contributed by atoms with Crippen molar-refractivity contribution in [3.8, 4) is 17.2 Å². The number of methoxy groups -OCH3 is 2. The molecule has 0 saturated carbocycles. The highest BCUT2D eigenvalue weighted by molar-refractivity contribution is 5.95. The molecule has 1 saturated heterocycles. The summed E-state index contributed by atoms with van der Waals surface area (Å²) in [5.41, 5.74) is 5.15. The van der Waals surface area contributed by atoms with E-state index in [1.165, 1.54) is 5.69 Å². The van der Waals surface area contributed by atoms with Gasteiger partial charge in [0.25, 0.3) is 0 Å². The molecule has 0 atom stereocenters. The number of guanidine groups is 1. The molecular weight excluding hydrogens is 556 g/mol. The van der Waals surface area contributed by atoms with Crippen molar-refractivity contribution in [3.05, 3.63) is 83.7 Å². The second kappa shape index (κ2) is 14.4. The minimum absolute atomic E-state index is 0.0856. The van der Waals surface area contributed by atoms with Crippen molar-refractivity contribution in [2.75, 3.05) is 89.7 Å². The first-order chi connectivity index (χ1) is 21.4. The molecule has 2 aliphatic rings. The average molecular weight is 601 g/mol. The molecule has 1 N–H and O–H groups in total. The van der Waals surface area contributed by atoms with Gasteiger partial charge in [0.2, 0.25) is 5.96 Å². The lowest BCUT2D eigenvalue weighted by Crippen LogP contribution is -2.44. The molecular formula is C34H44N6O4. The Morgan fingerprint density at radius 1 is 0.886 bits per heavy atom. The van der Waals surface area contributed by atoms with Gasteiger partial charge in [-0.25, -0.2) is 0 Å². The fourth-order valence-electron chi connectivity index (χ4n) is 5.31. The molecule has 44 heavy (non-hydrogen) atoms. The van der Waals surface area contributed by atoms with Gasteiger partial charge < -0.3 is 39.0 Å². The Morgan fingerprint density at radius 3 is 2.30 bits per heavy atom. The van der Waals surface area contributed by atoms with Crippen LogP contribution in [0, 0.1) is 13.8 Å². The van der Waals surface area contributed by atoms with Gasteiger partial charge in [-0.3, -0.25) is 4.90 Å². The zero-order valence-corrected chi connectivity index (χ0v) is 26.7. The smallest absolute Gasteiger partial charge is 0.205 e. The van der Waals surface area contributed by atoms with Crippen LogP contribution < -0.4 is 29.3 Å². The first-order valence-corrected chi connectivity index (χ1v) is 14.9. The molecule has 0 spiro atoms. The maximum Gasteiger partial charge on any atom is 0.205 e. The molecule has 0 aliphatic carbocycles. The standard InChI is InChI=1S/C34H44N6O4/c1-25-8-7-9-26(2)33(25)44-24-43-23-40(30-15-14-29(41-5)22-31(30)42-6)32-16-17-38(4)34(36-32)35-27-10-12-28(13-11-27)39-20-18-37(3)19-21-39/h7-16,22H,17-21,23-24H2,1-6H3,(H,35,36). The third kappa shape index (κ3) is 7.38. The summed E-state index contributed by atoms with van der Waals surface area (Å²) in [5, 5.41) is 3.52. The van der Waals surface area contributed by atoms with Crippen LogP contribution in [0.1, 0.15) is 11.1 Å². The summed E-state index contributed by atoms with van der Waals surface area (Å²) in [4.78, 5) is 13.9. The van der Waals surface area contributed by atoms with Crippen molar-refractivity contribution in [2.24, 2.45) is 4.99 Å². The first-order valence-electron chi connectivity index (χ1n) is 14.9. The number of nitrogens with one attached hydrogen (secondary N) is 1. The lowest BCUT2D eigenvalue weighted by Gasteiger charge is -2.34. The van der Waals surface area contributed by atoms with Crippen LogP contribution in [0.25, 0.3) is 0 Å². The molecule has 1 fully saturated rings. The summed E-state index contributed by atoms with van der Waals surface area (Å²) in [7, 11) is 7.48. The van der Waals surface area contributed by atoms with Gasteiger partial charge >= 0.3 is 0 Å². The maximum atomic E-state index is 6.10. The Morgan fingerprint density at radius 2 is 1.61 bits per heavy atom. The number of rotatable bonds is 11. The molecule has 3 aromatic rings. The minimum Gasteiger partial charge on any atom is -0.497 e. The largest absolute Gasteiger partial charge is 0.497 e. The van der Waals surface area contributed by atoms with E-state index in [0.29, 0.717) is 18.0 Å². The summed E-state index contributed by atoms with van der Waals surface area (Å²) in [5.74, 6) is 3.65. The topological polar surface area (TPSA) is 74.3 Å². The normalized spacial score (nSPS) is 15.4. The molecule has 10 heteroatoms. The van der Waals surface area contributed by atoms with Gasteiger partial charge in [0, 0.05) is 57.2 Å². The van der Waals surface area contributed by atoms with Gasteiger partial charge in [0.05, 0.1) is 19.9 Å². The van der Waals surface area contributed by atoms with Gasteiger partial charge in [0.1, 0.15) is 29.8 Å². The predicted octanol–water partition coefficient (Wildman–Crippen LogP) is 5.14. The Bertz CT molecular complexity index is 1450. The number of anilines is 3. The Labute approximate surface area is 261 Å². The molecule has 2 heterocycles. The quantitative estimate of drug-likeness (QED) is 0.238. The number of piperazine rings is 1. The third-order valence-electron chi connectivity index (χ3n) is 7.99. The van der Waals surface area contributed by atoms with E-state index < -0.39 is 0 Å². The van der Waals surface area contributed by atoms with E-state index in [1.807, 2.05) is 62.2 Å². The van der Waals surface area contributed by atoms with E-state index in [9.17, 15) is 0 Å². The number of likely N-dealkylation sites (N-methyl/N-ethyl adjacent to an activating group) is 2. The van der Waals surface area contributed by atoms with Crippen LogP contribution in [-0.4, -0.2) is 90.3 Å². The zero-order chi connectivity index (χ0) is 31.1. The van der Waals surface area contributed by atoms with Crippen molar-refractivity contribution in [3.63, 3.8) is 0 Å². The summed E-state index contributed by atoms with van der Waals surface area (Å²) >= 11 is 0. The number of aliphatic imine (C=N–C) groups is 1. The van der Waals surface area contributed by atoms with E-state index >= 15 is 0 Å². The van der Waals surface area contributed by atoms with Gasteiger partial charge in [-0.2, -0.15) is 4.99 Å². The van der Waals surface area contributed by atoms with Gasteiger partial charge in [-0.05, 0) is 74.5 Å². The van der Waals surface area contributed by atoms with Crippen LogP contribution in [0.4, 0.5) is 17.1 Å². The lowest BCUT2D eigenvalue weighted by molar-refractivity contribution is 0.0166. The van der Waals surface area contributed by atoms with Crippen molar-refractivity contribution in [2.45, 2.75) is 13.8 Å². The second-order valence-corrected chi connectivity index (χ2v) is 11.1. The predicted molar refractivity (Wildman–Crippen MR) is 177 cm³/mol. The van der Waals surface area contributed by atoms with E-state index in [2.05, 4.69) is 57.4 Å². The minimum atomic E-state index is 0.0856. The van der Waals surface area contributed by atoms with E-state index in [1.54, 1.807) is 14.2 Å². The number of hydrogen-bond donors (Lipinski definition) is 1. The highest BCUT2D eigenvalue weighted by Crippen LogP contribution is 2.35. The summed E-state index contributed by atoms with van der Waals surface area (Å²) in [6.07, 6.45) is 2.07. The molecule has 0 bridgehead atoms. The Kier molecular flexibility index (Phi) is 10.1. The number of benzene rings is 3. The van der Waals surface area contributed by atoms with Gasteiger partial charge in [-0.1, -0.05) is 18.2 Å². The third-order valence-corrected chi connectivity index (χ3v) is 7.99. The lowest BCUT2D eigenvalue weighted by atomic mass is 10.1. The Balaban J connectivity index is 1.34. The van der Waals surface area contributed by atoms with Crippen LogP contribution in [-0.2, 0) is 4.74 Å². The van der Waals surface area contributed by atoms with E-state index in [4.69, 9.17) is 23.9 Å². The van der Waals surface area contributed by atoms with Crippen molar-refractivity contribution in [1.82, 2.24) is 9.80 Å². The molecule has 0 radical (unpaired) electrons. The molecule has 10 nitrogen and oxygen atoms in total. The van der Waals surface area contributed by atoms with Crippen molar-refractivity contribution >= 4 is 23.0 Å². The number of aryl methyl sites for hydroxylation is 2. The van der Waals surface area contributed by atoms with Crippen LogP contribution in [0.15, 0.2) is 77.6 Å². The molecule has 0 unspecified atom stereocenters. The molecule has 2 aliphatic heterocycles. The fraction of sp³-hybridized carbons (Fsp3) is 0.382. The maximum absolute atomic E-state index is 6.10. The zero-order valence-electron chi connectivity index (χ0n) is 26.7. The number of hydrogen-bond acceptors (Lipinski definition) is 10. The monoisotopic (exact) mass is 600 g/mol. The molecule has 234 valence electrons. The summed E-state index contributed by atoms with van der Waals surface area (Å²) in [6, 6.07) is 20.4. The van der Waals surface area contributed by atoms with Crippen LogP contribution >= 0.6 is 0 Å².